The van der Waals surface area contributed by atoms with Crippen LogP contribution in [0.15, 0.2) is 18.3 Å². The van der Waals surface area contributed by atoms with E-state index in [2.05, 4.69) is 22.0 Å². The minimum atomic E-state index is 0.823. The lowest BCUT2D eigenvalue weighted by Crippen LogP contribution is -2.38. The van der Waals surface area contributed by atoms with Crippen molar-refractivity contribution in [2.45, 2.75) is 25.2 Å². The molecule has 2 heterocycles. The molecule has 1 saturated heterocycles. The van der Waals surface area contributed by atoms with Gasteiger partial charge < -0.3 is 4.90 Å². The van der Waals surface area contributed by atoms with E-state index in [0.29, 0.717) is 0 Å². The van der Waals surface area contributed by atoms with Crippen LogP contribution in [0.1, 0.15) is 30.7 Å². The smallest absolute Gasteiger partial charge is 0.131 e. The van der Waals surface area contributed by atoms with Crippen molar-refractivity contribution >= 4 is 5.82 Å². The number of nitrogens with zero attached hydrogens (tertiary/aromatic N) is 2. The van der Waals surface area contributed by atoms with E-state index in [1.54, 1.807) is 0 Å². The third-order valence-corrected chi connectivity index (χ3v) is 2.99. The zero-order valence-electron chi connectivity index (χ0n) is 7.74. The van der Waals surface area contributed by atoms with Gasteiger partial charge in [0, 0.05) is 19.3 Å². The summed E-state index contributed by atoms with van der Waals surface area (Å²) >= 11 is 0. The number of rotatable bonds is 2. The van der Waals surface area contributed by atoms with Gasteiger partial charge in [0.25, 0.3) is 0 Å². The van der Waals surface area contributed by atoms with Crippen LogP contribution < -0.4 is 4.90 Å². The molecule has 2 fully saturated rings. The maximum Gasteiger partial charge on any atom is 0.131 e. The predicted molar refractivity (Wildman–Crippen MR) is 53.0 cm³/mol. The molecule has 0 spiro atoms. The Kier molecular flexibility index (Phi) is 1.54. The van der Waals surface area contributed by atoms with E-state index >= 15 is 0 Å². The summed E-state index contributed by atoms with van der Waals surface area (Å²) in [5, 5.41) is 0. The highest BCUT2D eigenvalue weighted by Crippen LogP contribution is 2.44. The fraction of sp³-hybridized carbons (Fsp3) is 0.545. The minimum Gasteiger partial charge on any atom is -0.356 e. The molecule has 2 aliphatic rings. The van der Waals surface area contributed by atoms with Crippen molar-refractivity contribution in [2.24, 2.45) is 0 Å². The van der Waals surface area contributed by atoms with Crippen molar-refractivity contribution in [1.82, 2.24) is 4.98 Å². The summed E-state index contributed by atoms with van der Waals surface area (Å²) in [5.41, 5.74) is 1.49. The van der Waals surface area contributed by atoms with Gasteiger partial charge in [0.1, 0.15) is 5.82 Å². The molecule has 1 aliphatic carbocycles. The predicted octanol–water partition coefficient (Wildman–Crippen LogP) is 2.17. The Morgan fingerprint density at radius 2 is 2.15 bits per heavy atom. The van der Waals surface area contributed by atoms with Gasteiger partial charge in [0.15, 0.2) is 0 Å². The van der Waals surface area contributed by atoms with E-state index in [0.717, 1.165) is 5.92 Å². The molecule has 2 heteroatoms. The normalized spacial score (nSPS) is 21.4. The molecular formula is C11H14N2. The molecule has 1 saturated carbocycles. The summed E-state index contributed by atoms with van der Waals surface area (Å²) in [7, 11) is 0. The first-order valence-corrected chi connectivity index (χ1v) is 5.15. The summed E-state index contributed by atoms with van der Waals surface area (Å²) < 4.78 is 0. The molecular weight excluding hydrogens is 160 g/mol. The van der Waals surface area contributed by atoms with Gasteiger partial charge in [-0.3, -0.25) is 0 Å². The molecule has 0 radical (unpaired) electrons. The second kappa shape index (κ2) is 2.72. The average molecular weight is 174 g/mol. The second-order valence-corrected chi connectivity index (χ2v) is 4.03. The largest absolute Gasteiger partial charge is 0.356 e. The van der Waals surface area contributed by atoms with Crippen molar-refractivity contribution in [3.05, 3.63) is 23.9 Å². The van der Waals surface area contributed by atoms with E-state index < -0.39 is 0 Å². The van der Waals surface area contributed by atoms with Gasteiger partial charge in [-0.2, -0.15) is 0 Å². The molecule has 1 aromatic rings. The lowest BCUT2D eigenvalue weighted by atomic mass is 10.1. The first kappa shape index (κ1) is 7.36. The molecule has 13 heavy (non-hydrogen) atoms. The van der Waals surface area contributed by atoms with Gasteiger partial charge in [-0.1, -0.05) is 6.07 Å². The van der Waals surface area contributed by atoms with Gasteiger partial charge in [-0.05, 0) is 36.8 Å². The summed E-state index contributed by atoms with van der Waals surface area (Å²) in [6.07, 6.45) is 5.99. The molecule has 0 aromatic carbocycles. The Labute approximate surface area is 78.6 Å². The van der Waals surface area contributed by atoms with Crippen LogP contribution in [0, 0.1) is 0 Å². The SMILES string of the molecule is c1cnc(N2CCC2)c(C2CC2)c1. The quantitative estimate of drug-likeness (QED) is 0.683. The van der Waals surface area contributed by atoms with Crippen molar-refractivity contribution < 1.29 is 0 Å². The average Bonchev–Trinajstić information content (AvgIpc) is 2.85. The Balaban J connectivity index is 1.96. The summed E-state index contributed by atoms with van der Waals surface area (Å²) in [6.45, 7) is 2.41. The summed E-state index contributed by atoms with van der Waals surface area (Å²) in [6, 6.07) is 4.31. The van der Waals surface area contributed by atoms with Crippen molar-refractivity contribution in [3.8, 4) is 0 Å². The minimum absolute atomic E-state index is 0.823. The van der Waals surface area contributed by atoms with E-state index in [1.807, 2.05) is 6.20 Å². The molecule has 0 amide bonds. The first-order valence-electron chi connectivity index (χ1n) is 5.15. The Bertz CT molecular complexity index is 314. The zero-order valence-corrected chi connectivity index (χ0v) is 7.74. The van der Waals surface area contributed by atoms with E-state index in [1.165, 1.54) is 43.7 Å². The topological polar surface area (TPSA) is 16.1 Å². The number of hydrogen-bond acceptors (Lipinski definition) is 2. The van der Waals surface area contributed by atoms with Crippen LogP contribution in [0.4, 0.5) is 5.82 Å². The molecule has 0 unspecified atom stereocenters. The summed E-state index contributed by atoms with van der Waals surface area (Å²) in [4.78, 5) is 6.88. The highest BCUT2D eigenvalue weighted by Gasteiger charge is 2.29. The van der Waals surface area contributed by atoms with Crippen molar-refractivity contribution in [3.63, 3.8) is 0 Å². The monoisotopic (exact) mass is 174 g/mol. The maximum absolute atomic E-state index is 4.49. The number of aromatic nitrogens is 1. The van der Waals surface area contributed by atoms with Crippen LogP contribution in [0.5, 0.6) is 0 Å². The van der Waals surface area contributed by atoms with E-state index in [-0.39, 0.29) is 0 Å². The van der Waals surface area contributed by atoms with Gasteiger partial charge in [0.05, 0.1) is 0 Å². The van der Waals surface area contributed by atoms with Gasteiger partial charge in [-0.15, -0.1) is 0 Å². The molecule has 68 valence electrons. The zero-order chi connectivity index (χ0) is 8.67. The van der Waals surface area contributed by atoms with Crippen LogP contribution >= 0.6 is 0 Å². The fourth-order valence-electron chi connectivity index (χ4n) is 1.91. The molecule has 0 bridgehead atoms. The molecule has 0 atom stereocenters. The van der Waals surface area contributed by atoms with Crippen molar-refractivity contribution in [2.75, 3.05) is 18.0 Å². The van der Waals surface area contributed by atoms with Crippen LogP contribution in [0.2, 0.25) is 0 Å². The van der Waals surface area contributed by atoms with Gasteiger partial charge in [-0.25, -0.2) is 4.98 Å². The number of hydrogen-bond donors (Lipinski definition) is 0. The third-order valence-electron chi connectivity index (χ3n) is 2.99. The molecule has 2 nitrogen and oxygen atoms in total. The lowest BCUT2D eigenvalue weighted by molar-refractivity contribution is 0.606. The summed E-state index contributed by atoms with van der Waals surface area (Å²) in [5.74, 6) is 2.08. The van der Waals surface area contributed by atoms with Crippen LogP contribution in [0.3, 0.4) is 0 Å². The Morgan fingerprint density at radius 1 is 1.31 bits per heavy atom. The Hall–Kier alpha value is -1.05. The molecule has 3 rings (SSSR count). The van der Waals surface area contributed by atoms with Crippen molar-refractivity contribution in [1.29, 1.82) is 0 Å². The number of pyridine rings is 1. The molecule has 0 N–H and O–H groups in total. The standard InChI is InChI=1S/C11H14N2/c1-3-10(9-4-5-9)11(12-6-1)13-7-2-8-13/h1,3,6,9H,2,4-5,7-8H2. The fourth-order valence-corrected chi connectivity index (χ4v) is 1.91. The highest BCUT2D eigenvalue weighted by atomic mass is 15.2. The number of anilines is 1. The van der Waals surface area contributed by atoms with Crippen LogP contribution in [0.25, 0.3) is 0 Å². The first-order chi connectivity index (χ1) is 6.45. The van der Waals surface area contributed by atoms with Gasteiger partial charge >= 0.3 is 0 Å². The third kappa shape index (κ3) is 1.21. The van der Waals surface area contributed by atoms with Crippen LogP contribution in [-0.4, -0.2) is 18.1 Å². The van der Waals surface area contributed by atoms with Crippen LogP contribution in [-0.2, 0) is 0 Å². The molecule has 1 aromatic heterocycles. The van der Waals surface area contributed by atoms with E-state index in [4.69, 9.17) is 0 Å². The van der Waals surface area contributed by atoms with Gasteiger partial charge in [0.2, 0.25) is 0 Å². The Morgan fingerprint density at radius 3 is 2.77 bits per heavy atom. The highest BCUT2D eigenvalue weighted by molar-refractivity contribution is 5.51. The lowest BCUT2D eigenvalue weighted by Gasteiger charge is -2.33. The second-order valence-electron chi connectivity index (χ2n) is 4.03. The molecule has 1 aliphatic heterocycles. The van der Waals surface area contributed by atoms with E-state index in [9.17, 15) is 0 Å². The maximum atomic E-state index is 4.49.